The van der Waals surface area contributed by atoms with Crippen molar-refractivity contribution >= 4 is 11.8 Å². The Bertz CT molecular complexity index is 419. The number of amides is 2. The van der Waals surface area contributed by atoms with Crippen molar-refractivity contribution in [1.29, 1.82) is 0 Å². The van der Waals surface area contributed by atoms with Gasteiger partial charge in [-0.05, 0) is 24.1 Å². The Balaban J connectivity index is 2.09. The molecule has 17 heavy (non-hydrogen) atoms. The number of aromatic nitrogens is 1. The van der Waals surface area contributed by atoms with Crippen LogP contribution in [0.15, 0.2) is 24.5 Å². The van der Waals surface area contributed by atoms with Crippen molar-refractivity contribution in [3.8, 4) is 0 Å². The second kappa shape index (κ2) is 4.95. The lowest BCUT2D eigenvalue weighted by Crippen LogP contribution is -2.57. The molecule has 1 aromatic heterocycles. The van der Waals surface area contributed by atoms with E-state index in [1.54, 1.807) is 17.3 Å². The van der Waals surface area contributed by atoms with Crippen LogP contribution in [0.5, 0.6) is 0 Å². The summed E-state index contributed by atoms with van der Waals surface area (Å²) in [5.74, 6) is -0.102. The fraction of sp³-hybridized carbons (Fsp3) is 0.417. The van der Waals surface area contributed by atoms with Gasteiger partial charge >= 0.3 is 0 Å². The molecule has 5 heteroatoms. The first-order valence-electron chi connectivity index (χ1n) is 5.67. The third kappa shape index (κ3) is 2.61. The van der Waals surface area contributed by atoms with Gasteiger partial charge in [0, 0.05) is 18.9 Å². The Morgan fingerprint density at radius 1 is 1.41 bits per heavy atom. The van der Waals surface area contributed by atoms with Gasteiger partial charge in [0.1, 0.15) is 6.04 Å². The highest BCUT2D eigenvalue weighted by Gasteiger charge is 2.31. The lowest BCUT2D eigenvalue weighted by molar-refractivity contribution is -0.144. The number of carbonyl (C=O) groups excluding carboxylic acids is 2. The van der Waals surface area contributed by atoms with Crippen LogP contribution in [0.25, 0.3) is 0 Å². The average Bonchev–Trinajstić information content (AvgIpc) is 2.34. The average molecular weight is 233 g/mol. The van der Waals surface area contributed by atoms with Crippen LogP contribution in [0, 0.1) is 0 Å². The van der Waals surface area contributed by atoms with E-state index in [0.717, 1.165) is 5.56 Å². The molecule has 90 valence electrons. The van der Waals surface area contributed by atoms with Gasteiger partial charge < -0.3 is 10.2 Å². The van der Waals surface area contributed by atoms with E-state index in [9.17, 15) is 9.59 Å². The summed E-state index contributed by atoms with van der Waals surface area (Å²) >= 11 is 0. The van der Waals surface area contributed by atoms with Gasteiger partial charge in [-0.2, -0.15) is 0 Å². The van der Waals surface area contributed by atoms with Gasteiger partial charge in [0.15, 0.2) is 0 Å². The van der Waals surface area contributed by atoms with Crippen molar-refractivity contribution in [3.05, 3.63) is 30.1 Å². The van der Waals surface area contributed by atoms with Crippen LogP contribution in [0.3, 0.4) is 0 Å². The second-order valence-electron chi connectivity index (χ2n) is 4.08. The highest BCUT2D eigenvalue weighted by molar-refractivity contribution is 5.94. The molecule has 1 atom stereocenters. The zero-order valence-electron chi connectivity index (χ0n) is 9.72. The maximum absolute atomic E-state index is 12.0. The highest BCUT2D eigenvalue weighted by Crippen LogP contribution is 2.10. The molecule has 5 nitrogen and oxygen atoms in total. The van der Waals surface area contributed by atoms with Crippen molar-refractivity contribution in [1.82, 2.24) is 15.2 Å². The van der Waals surface area contributed by atoms with Gasteiger partial charge in [0.05, 0.1) is 6.54 Å². The second-order valence-corrected chi connectivity index (χ2v) is 4.08. The van der Waals surface area contributed by atoms with Crippen LogP contribution >= 0.6 is 0 Å². The number of nitrogens with one attached hydrogen (secondary N) is 1. The van der Waals surface area contributed by atoms with E-state index in [-0.39, 0.29) is 24.4 Å². The molecule has 1 aromatic rings. The number of piperazine rings is 1. The van der Waals surface area contributed by atoms with Crippen molar-refractivity contribution in [2.45, 2.75) is 25.9 Å². The quantitative estimate of drug-likeness (QED) is 0.817. The third-order valence-corrected chi connectivity index (χ3v) is 2.81. The molecule has 2 heterocycles. The lowest BCUT2D eigenvalue weighted by atomic mass is 10.1. The van der Waals surface area contributed by atoms with Crippen molar-refractivity contribution in [3.63, 3.8) is 0 Å². The SMILES string of the molecule is CCC1NC(=O)CN(Cc2ccncc2)C1=O. The summed E-state index contributed by atoms with van der Waals surface area (Å²) in [4.78, 5) is 29.0. The molecule has 0 bridgehead atoms. The highest BCUT2D eigenvalue weighted by atomic mass is 16.2. The molecule has 1 fully saturated rings. The smallest absolute Gasteiger partial charge is 0.245 e. The van der Waals surface area contributed by atoms with Crippen molar-refractivity contribution in [2.75, 3.05) is 6.54 Å². The number of hydrogen-bond donors (Lipinski definition) is 1. The molecule has 0 saturated carbocycles. The van der Waals surface area contributed by atoms with Crippen LogP contribution in [0.1, 0.15) is 18.9 Å². The first-order chi connectivity index (χ1) is 8.20. The van der Waals surface area contributed by atoms with Crippen LogP contribution in [0.4, 0.5) is 0 Å². The maximum Gasteiger partial charge on any atom is 0.245 e. The lowest BCUT2D eigenvalue weighted by Gasteiger charge is -2.32. The Morgan fingerprint density at radius 2 is 2.12 bits per heavy atom. The number of nitrogens with zero attached hydrogens (tertiary/aromatic N) is 2. The third-order valence-electron chi connectivity index (χ3n) is 2.81. The predicted octanol–water partition coefficient (Wildman–Crippen LogP) is 0.319. The number of hydrogen-bond acceptors (Lipinski definition) is 3. The zero-order chi connectivity index (χ0) is 12.3. The first kappa shape index (κ1) is 11.6. The Morgan fingerprint density at radius 3 is 2.76 bits per heavy atom. The molecule has 1 N–H and O–H groups in total. The van der Waals surface area contributed by atoms with Gasteiger partial charge in [-0.3, -0.25) is 14.6 Å². The van der Waals surface area contributed by atoms with E-state index in [0.29, 0.717) is 13.0 Å². The van der Waals surface area contributed by atoms with E-state index in [2.05, 4.69) is 10.3 Å². The van der Waals surface area contributed by atoms with E-state index in [1.807, 2.05) is 19.1 Å². The van der Waals surface area contributed by atoms with Gasteiger partial charge in [-0.15, -0.1) is 0 Å². The van der Waals surface area contributed by atoms with Crippen LogP contribution in [-0.4, -0.2) is 34.3 Å². The monoisotopic (exact) mass is 233 g/mol. The van der Waals surface area contributed by atoms with Gasteiger partial charge in [-0.25, -0.2) is 0 Å². The topological polar surface area (TPSA) is 62.3 Å². The zero-order valence-corrected chi connectivity index (χ0v) is 9.72. The van der Waals surface area contributed by atoms with E-state index < -0.39 is 0 Å². The molecule has 0 radical (unpaired) electrons. The van der Waals surface area contributed by atoms with Crippen molar-refractivity contribution < 1.29 is 9.59 Å². The minimum absolute atomic E-state index is 0.0103. The Labute approximate surface area is 99.8 Å². The van der Waals surface area contributed by atoms with Gasteiger partial charge in [-0.1, -0.05) is 6.92 Å². The number of pyridine rings is 1. The standard InChI is InChI=1S/C12H15N3O2/c1-2-10-12(17)15(8-11(16)14-10)7-9-3-5-13-6-4-9/h3-6,10H,2,7-8H2,1H3,(H,14,16). The molecule has 1 unspecified atom stereocenters. The number of carbonyl (C=O) groups is 2. The summed E-state index contributed by atoms with van der Waals surface area (Å²) in [5.41, 5.74) is 0.984. The molecule has 2 amide bonds. The molecule has 1 saturated heterocycles. The van der Waals surface area contributed by atoms with Crippen LogP contribution in [-0.2, 0) is 16.1 Å². The summed E-state index contributed by atoms with van der Waals surface area (Å²) in [6, 6.07) is 3.32. The van der Waals surface area contributed by atoms with Crippen LogP contribution < -0.4 is 5.32 Å². The number of rotatable bonds is 3. The summed E-state index contributed by atoms with van der Waals surface area (Å²) in [7, 11) is 0. The fourth-order valence-corrected chi connectivity index (χ4v) is 1.89. The molecular formula is C12H15N3O2. The van der Waals surface area contributed by atoms with Crippen LogP contribution in [0.2, 0.25) is 0 Å². The Kier molecular flexibility index (Phi) is 3.37. The van der Waals surface area contributed by atoms with E-state index in [4.69, 9.17) is 0 Å². The molecule has 2 rings (SSSR count). The molecular weight excluding hydrogens is 218 g/mol. The summed E-state index contributed by atoms with van der Waals surface area (Å²) in [5, 5.41) is 2.69. The normalized spacial score (nSPS) is 20.3. The Hall–Kier alpha value is -1.91. The largest absolute Gasteiger partial charge is 0.343 e. The van der Waals surface area contributed by atoms with E-state index in [1.165, 1.54) is 0 Å². The minimum atomic E-state index is -0.377. The predicted molar refractivity (Wildman–Crippen MR) is 61.9 cm³/mol. The van der Waals surface area contributed by atoms with E-state index >= 15 is 0 Å². The summed E-state index contributed by atoms with van der Waals surface area (Å²) < 4.78 is 0. The van der Waals surface area contributed by atoms with Gasteiger partial charge in [0.2, 0.25) is 11.8 Å². The fourth-order valence-electron chi connectivity index (χ4n) is 1.89. The molecule has 0 spiro atoms. The van der Waals surface area contributed by atoms with Gasteiger partial charge in [0.25, 0.3) is 0 Å². The molecule has 0 aliphatic carbocycles. The molecule has 0 aromatic carbocycles. The molecule has 1 aliphatic rings. The minimum Gasteiger partial charge on any atom is -0.343 e. The summed E-state index contributed by atoms with van der Waals surface area (Å²) in [6.45, 7) is 2.49. The maximum atomic E-state index is 12.0. The first-order valence-corrected chi connectivity index (χ1v) is 5.67. The van der Waals surface area contributed by atoms with Crippen molar-refractivity contribution in [2.24, 2.45) is 0 Å². The molecule has 1 aliphatic heterocycles. The summed E-state index contributed by atoms with van der Waals surface area (Å²) in [6.07, 6.45) is 3.99.